The van der Waals surface area contributed by atoms with Crippen LogP contribution in [0, 0.1) is 5.41 Å². The molecule has 0 aliphatic rings. The van der Waals surface area contributed by atoms with E-state index in [9.17, 15) is 9.90 Å². The Morgan fingerprint density at radius 1 is 1.47 bits per heavy atom. The quantitative estimate of drug-likeness (QED) is 0.897. The van der Waals surface area contributed by atoms with E-state index in [1.165, 1.54) is 21.0 Å². The SMILES string of the molecule is COc1ccc(C(O)C(C)(C)C(=O)O)cc1Br. The highest BCUT2D eigenvalue weighted by molar-refractivity contribution is 9.10. The van der Waals surface area contributed by atoms with Gasteiger partial charge in [-0.15, -0.1) is 0 Å². The van der Waals surface area contributed by atoms with Crippen LogP contribution in [0.1, 0.15) is 25.5 Å². The highest BCUT2D eigenvalue weighted by Crippen LogP contribution is 2.36. The third-order valence-corrected chi connectivity index (χ3v) is 3.35. The summed E-state index contributed by atoms with van der Waals surface area (Å²) in [5, 5.41) is 19.1. The van der Waals surface area contributed by atoms with E-state index in [0.29, 0.717) is 15.8 Å². The topological polar surface area (TPSA) is 66.8 Å². The first-order valence-corrected chi connectivity index (χ1v) is 5.85. The molecule has 17 heavy (non-hydrogen) atoms. The fourth-order valence-corrected chi connectivity index (χ4v) is 1.94. The lowest BCUT2D eigenvalue weighted by Crippen LogP contribution is -2.31. The summed E-state index contributed by atoms with van der Waals surface area (Å²) in [5.41, 5.74) is -0.710. The normalized spacial score (nSPS) is 13.2. The summed E-state index contributed by atoms with van der Waals surface area (Å²) in [6.07, 6.45) is -1.08. The smallest absolute Gasteiger partial charge is 0.312 e. The van der Waals surface area contributed by atoms with Crippen LogP contribution >= 0.6 is 15.9 Å². The maximum Gasteiger partial charge on any atom is 0.312 e. The minimum absolute atomic E-state index is 0.532. The van der Waals surface area contributed by atoms with Gasteiger partial charge in [-0.05, 0) is 47.5 Å². The van der Waals surface area contributed by atoms with Crippen LogP contribution in [0.15, 0.2) is 22.7 Å². The molecule has 0 bridgehead atoms. The number of aliphatic carboxylic acids is 1. The Labute approximate surface area is 108 Å². The fourth-order valence-electron chi connectivity index (χ4n) is 1.39. The van der Waals surface area contributed by atoms with Crippen molar-refractivity contribution < 1.29 is 19.7 Å². The minimum atomic E-state index is -1.24. The van der Waals surface area contributed by atoms with Crippen LogP contribution in [-0.4, -0.2) is 23.3 Å². The molecule has 0 heterocycles. The number of aliphatic hydroxyl groups excluding tert-OH is 1. The van der Waals surface area contributed by atoms with Crippen molar-refractivity contribution in [1.29, 1.82) is 0 Å². The minimum Gasteiger partial charge on any atom is -0.496 e. The highest BCUT2D eigenvalue weighted by atomic mass is 79.9. The van der Waals surface area contributed by atoms with Gasteiger partial charge >= 0.3 is 5.97 Å². The predicted molar refractivity (Wildman–Crippen MR) is 67.1 cm³/mol. The van der Waals surface area contributed by atoms with Crippen molar-refractivity contribution >= 4 is 21.9 Å². The van der Waals surface area contributed by atoms with E-state index in [2.05, 4.69) is 15.9 Å². The molecule has 0 aromatic heterocycles. The Hall–Kier alpha value is -1.07. The van der Waals surface area contributed by atoms with Crippen LogP contribution in [0.5, 0.6) is 5.75 Å². The maximum absolute atomic E-state index is 11.0. The fraction of sp³-hybridized carbons (Fsp3) is 0.417. The molecule has 4 nitrogen and oxygen atoms in total. The summed E-state index contributed by atoms with van der Waals surface area (Å²) in [7, 11) is 1.54. The lowest BCUT2D eigenvalue weighted by Gasteiger charge is -2.26. The molecule has 94 valence electrons. The van der Waals surface area contributed by atoms with E-state index in [1.807, 2.05) is 0 Å². The summed E-state index contributed by atoms with van der Waals surface area (Å²) < 4.78 is 5.75. The van der Waals surface area contributed by atoms with Gasteiger partial charge in [0, 0.05) is 0 Å². The molecule has 0 saturated heterocycles. The van der Waals surface area contributed by atoms with Crippen LogP contribution in [-0.2, 0) is 4.79 Å². The lowest BCUT2D eigenvalue weighted by molar-refractivity contribution is -0.153. The van der Waals surface area contributed by atoms with Crippen molar-refractivity contribution in [2.75, 3.05) is 7.11 Å². The number of halogens is 1. The zero-order chi connectivity index (χ0) is 13.2. The van der Waals surface area contributed by atoms with Crippen LogP contribution in [0.25, 0.3) is 0 Å². The van der Waals surface area contributed by atoms with E-state index in [-0.39, 0.29) is 0 Å². The molecule has 0 saturated carbocycles. The summed E-state index contributed by atoms with van der Waals surface area (Å²) in [6, 6.07) is 4.99. The van der Waals surface area contributed by atoms with Crippen molar-refractivity contribution in [3.05, 3.63) is 28.2 Å². The van der Waals surface area contributed by atoms with E-state index in [4.69, 9.17) is 9.84 Å². The van der Waals surface area contributed by atoms with Gasteiger partial charge < -0.3 is 14.9 Å². The molecule has 0 spiro atoms. The Balaban J connectivity index is 3.09. The molecule has 1 atom stereocenters. The van der Waals surface area contributed by atoms with Gasteiger partial charge in [-0.1, -0.05) is 6.07 Å². The second kappa shape index (κ2) is 5.06. The van der Waals surface area contributed by atoms with Gasteiger partial charge in [0.1, 0.15) is 5.75 Å². The molecule has 2 N–H and O–H groups in total. The van der Waals surface area contributed by atoms with E-state index in [1.54, 1.807) is 18.2 Å². The number of rotatable bonds is 4. The van der Waals surface area contributed by atoms with Crippen molar-refractivity contribution in [2.24, 2.45) is 5.41 Å². The van der Waals surface area contributed by atoms with Crippen molar-refractivity contribution in [1.82, 2.24) is 0 Å². The zero-order valence-corrected chi connectivity index (χ0v) is 11.5. The number of hydrogen-bond donors (Lipinski definition) is 2. The van der Waals surface area contributed by atoms with Crippen LogP contribution < -0.4 is 4.74 Å². The molecule has 1 aromatic rings. The summed E-state index contributed by atoms with van der Waals surface area (Å²) in [6.45, 7) is 2.97. The largest absolute Gasteiger partial charge is 0.496 e. The first kappa shape index (κ1) is 14.0. The number of benzene rings is 1. The summed E-state index contributed by atoms with van der Waals surface area (Å²) >= 11 is 3.30. The van der Waals surface area contributed by atoms with Gasteiger partial charge in [0.05, 0.1) is 23.1 Å². The Kier molecular flexibility index (Phi) is 4.16. The molecular formula is C12H15BrO4. The number of aliphatic hydroxyl groups is 1. The standard InChI is InChI=1S/C12H15BrO4/c1-12(2,11(15)16)10(14)7-4-5-9(17-3)8(13)6-7/h4-6,10,14H,1-3H3,(H,15,16). The Morgan fingerprint density at radius 3 is 2.47 bits per heavy atom. The first-order chi connectivity index (χ1) is 7.80. The number of ether oxygens (including phenoxy) is 1. The van der Waals surface area contributed by atoms with Crippen molar-refractivity contribution in [2.45, 2.75) is 20.0 Å². The average molecular weight is 303 g/mol. The monoisotopic (exact) mass is 302 g/mol. The van der Waals surface area contributed by atoms with Gasteiger partial charge in [0.25, 0.3) is 0 Å². The maximum atomic E-state index is 11.0. The van der Waals surface area contributed by atoms with Crippen molar-refractivity contribution in [3.63, 3.8) is 0 Å². The lowest BCUT2D eigenvalue weighted by atomic mass is 9.83. The average Bonchev–Trinajstić information content (AvgIpc) is 2.27. The molecule has 0 amide bonds. The first-order valence-electron chi connectivity index (χ1n) is 5.05. The number of carbonyl (C=O) groups is 1. The molecule has 0 fully saturated rings. The predicted octanol–water partition coefficient (Wildman–Crippen LogP) is 2.60. The van der Waals surface area contributed by atoms with Gasteiger partial charge in [-0.3, -0.25) is 4.79 Å². The van der Waals surface area contributed by atoms with Gasteiger partial charge in [-0.25, -0.2) is 0 Å². The molecule has 1 rings (SSSR count). The second-order valence-electron chi connectivity index (χ2n) is 4.32. The highest BCUT2D eigenvalue weighted by Gasteiger charge is 2.36. The Morgan fingerprint density at radius 2 is 2.06 bits per heavy atom. The van der Waals surface area contributed by atoms with Crippen molar-refractivity contribution in [3.8, 4) is 5.75 Å². The molecule has 0 radical (unpaired) electrons. The number of carboxylic acid groups (broad SMARTS) is 1. The van der Waals surface area contributed by atoms with E-state index in [0.717, 1.165) is 0 Å². The van der Waals surface area contributed by atoms with Gasteiger partial charge in [-0.2, -0.15) is 0 Å². The van der Waals surface area contributed by atoms with Crippen LogP contribution in [0.4, 0.5) is 0 Å². The second-order valence-corrected chi connectivity index (χ2v) is 5.18. The number of carboxylic acids is 1. The zero-order valence-electron chi connectivity index (χ0n) is 9.90. The number of methoxy groups -OCH3 is 1. The van der Waals surface area contributed by atoms with Gasteiger partial charge in [0.2, 0.25) is 0 Å². The molecule has 1 aromatic carbocycles. The molecular weight excluding hydrogens is 288 g/mol. The Bertz CT molecular complexity index is 429. The van der Waals surface area contributed by atoms with Crippen LogP contribution in [0.2, 0.25) is 0 Å². The van der Waals surface area contributed by atoms with E-state index >= 15 is 0 Å². The molecule has 0 aliphatic carbocycles. The summed E-state index contributed by atoms with van der Waals surface area (Å²) in [5.74, 6) is -0.411. The molecule has 5 heteroatoms. The molecule has 0 aliphatic heterocycles. The van der Waals surface area contributed by atoms with Crippen LogP contribution in [0.3, 0.4) is 0 Å². The third-order valence-electron chi connectivity index (χ3n) is 2.73. The van der Waals surface area contributed by atoms with Gasteiger partial charge in [0.15, 0.2) is 0 Å². The third kappa shape index (κ3) is 2.79. The molecule has 1 unspecified atom stereocenters. The van der Waals surface area contributed by atoms with E-state index < -0.39 is 17.5 Å². The summed E-state index contributed by atoms with van der Waals surface area (Å²) in [4.78, 5) is 11.0. The number of hydrogen-bond acceptors (Lipinski definition) is 3.